The Kier molecular flexibility index (Phi) is 3.98. The van der Waals surface area contributed by atoms with Crippen molar-refractivity contribution in [2.75, 3.05) is 0 Å². The Morgan fingerprint density at radius 1 is 1.30 bits per heavy atom. The van der Waals surface area contributed by atoms with Crippen molar-refractivity contribution < 1.29 is 9.90 Å². The van der Waals surface area contributed by atoms with Gasteiger partial charge in [-0.2, -0.15) is 0 Å². The number of carboxylic acids is 1. The Hall–Kier alpha value is -1.26. The lowest BCUT2D eigenvalue weighted by Crippen LogP contribution is -2.20. The Bertz CT molecular complexity index is 672. The van der Waals surface area contributed by atoms with E-state index in [0.717, 1.165) is 16.9 Å². The Labute approximate surface area is 127 Å². The average Bonchev–Trinajstić information content (AvgIpc) is 2.65. The molecule has 0 unspecified atom stereocenters. The van der Waals surface area contributed by atoms with Gasteiger partial charge in [-0.05, 0) is 12.1 Å². The van der Waals surface area contributed by atoms with Gasteiger partial charge in [0.2, 0.25) is 0 Å². The molecular weight excluding hydrogens is 299 g/mol. The molecule has 4 nitrogen and oxygen atoms in total. The molecule has 0 bridgehead atoms. The molecule has 2 rings (SSSR count). The van der Waals surface area contributed by atoms with Gasteiger partial charge in [-0.3, -0.25) is 4.79 Å². The standard InChI is InChI=1S/C14H16Cl2N2O2/c1-14(2,3)13-17-10-6-8(15)9(16)7-11(10)18(13)5-4-12(19)20/h6-7H,4-5H2,1-3H3,(H,19,20). The van der Waals surface area contributed by atoms with E-state index < -0.39 is 5.97 Å². The summed E-state index contributed by atoms with van der Waals surface area (Å²) in [4.78, 5) is 15.4. The molecular formula is C14H16Cl2N2O2. The highest BCUT2D eigenvalue weighted by atomic mass is 35.5. The predicted octanol–water partition coefficient (Wildman–Crippen LogP) is 4.12. The number of benzene rings is 1. The van der Waals surface area contributed by atoms with Crippen molar-refractivity contribution >= 4 is 40.2 Å². The largest absolute Gasteiger partial charge is 0.481 e. The van der Waals surface area contributed by atoms with Gasteiger partial charge in [0.25, 0.3) is 0 Å². The Morgan fingerprint density at radius 3 is 2.45 bits per heavy atom. The van der Waals surface area contributed by atoms with Crippen LogP contribution in [0.15, 0.2) is 12.1 Å². The van der Waals surface area contributed by atoms with Gasteiger partial charge >= 0.3 is 5.97 Å². The van der Waals surface area contributed by atoms with Gasteiger partial charge < -0.3 is 9.67 Å². The fourth-order valence-corrected chi connectivity index (χ4v) is 2.44. The number of hydrogen-bond acceptors (Lipinski definition) is 2. The SMILES string of the molecule is CC(C)(C)c1nc2cc(Cl)c(Cl)cc2n1CCC(=O)O. The second kappa shape index (κ2) is 5.26. The van der Waals surface area contributed by atoms with Crippen LogP contribution >= 0.6 is 23.2 Å². The van der Waals surface area contributed by atoms with E-state index in [1.807, 2.05) is 25.3 Å². The van der Waals surface area contributed by atoms with Gasteiger partial charge in [-0.15, -0.1) is 0 Å². The van der Waals surface area contributed by atoms with Gasteiger partial charge in [0.15, 0.2) is 0 Å². The number of rotatable bonds is 3. The van der Waals surface area contributed by atoms with Crippen LogP contribution in [0.3, 0.4) is 0 Å². The van der Waals surface area contributed by atoms with E-state index in [4.69, 9.17) is 28.3 Å². The number of aliphatic carboxylic acids is 1. The molecule has 6 heteroatoms. The molecule has 0 aliphatic rings. The minimum absolute atomic E-state index is 0.0365. The van der Waals surface area contributed by atoms with Gasteiger partial charge in [0.05, 0.1) is 27.5 Å². The first-order chi connectivity index (χ1) is 9.20. The van der Waals surface area contributed by atoms with Gasteiger partial charge in [0.1, 0.15) is 5.82 Å². The van der Waals surface area contributed by atoms with Crippen LogP contribution < -0.4 is 0 Å². The topological polar surface area (TPSA) is 55.1 Å². The van der Waals surface area contributed by atoms with Crippen LogP contribution in [0.25, 0.3) is 11.0 Å². The smallest absolute Gasteiger partial charge is 0.305 e. The minimum atomic E-state index is -0.841. The Balaban J connectivity index is 2.65. The van der Waals surface area contributed by atoms with E-state index in [1.165, 1.54) is 0 Å². The van der Waals surface area contributed by atoms with Gasteiger partial charge in [-0.1, -0.05) is 44.0 Å². The highest BCUT2D eigenvalue weighted by Gasteiger charge is 2.23. The maximum atomic E-state index is 10.8. The number of nitrogens with zero attached hydrogens (tertiary/aromatic N) is 2. The fraction of sp³-hybridized carbons (Fsp3) is 0.429. The second-order valence-electron chi connectivity index (χ2n) is 5.74. The maximum Gasteiger partial charge on any atom is 0.305 e. The monoisotopic (exact) mass is 314 g/mol. The van der Waals surface area contributed by atoms with Crippen LogP contribution in [-0.2, 0) is 16.8 Å². The molecule has 0 aliphatic heterocycles. The molecule has 108 valence electrons. The van der Waals surface area contributed by atoms with Crippen molar-refractivity contribution in [1.82, 2.24) is 9.55 Å². The zero-order chi connectivity index (χ0) is 15.1. The molecule has 0 aliphatic carbocycles. The number of aromatic nitrogens is 2. The molecule has 0 radical (unpaired) electrons. The van der Waals surface area contributed by atoms with Crippen molar-refractivity contribution in [3.63, 3.8) is 0 Å². The summed E-state index contributed by atoms with van der Waals surface area (Å²) in [6, 6.07) is 3.45. The lowest BCUT2D eigenvalue weighted by Gasteiger charge is -2.19. The van der Waals surface area contributed by atoms with E-state index in [0.29, 0.717) is 16.6 Å². The van der Waals surface area contributed by atoms with E-state index in [-0.39, 0.29) is 11.8 Å². The summed E-state index contributed by atoms with van der Waals surface area (Å²) < 4.78 is 1.91. The third kappa shape index (κ3) is 2.91. The molecule has 1 heterocycles. The number of carboxylic acid groups (broad SMARTS) is 1. The molecule has 0 saturated heterocycles. The second-order valence-corrected chi connectivity index (χ2v) is 6.55. The summed E-state index contributed by atoms with van der Waals surface area (Å²) in [5.41, 5.74) is 1.34. The van der Waals surface area contributed by atoms with E-state index >= 15 is 0 Å². The summed E-state index contributed by atoms with van der Waals surface area (Å²) in [5.74, 6) is -0.0150. The number of carbonyl (C=O) groups is 1. The quantitative estimate of drug-likeness (QED) is 0.927. The van der Waals surface area contributed by atoms with Crippen molar-refractivity contribution in [2.45, 2.75) is 39.2 Å². The number of aryl methyl sites for hydroxylation is 1. The van der Waals surface area contributed by atoms with Crippen LogP contribution in [0, 0.1) is 0 Å². The molecule has 0 saturated carbocycles. The first-order valence-corrected chi connectivity index (χ1v) is 7.03. The third-order valence-corrected chi connectivity index (χ3v) is 3.73. The number of halogens is 2. The molecule has 0 amide bonds. The van der Waals surface area contributed by atoms with Gasteiger partial charge in [-0.25, -0.2) is 4.98 Å². The highest BCUT2D eigenvalue weighted by molar-refractivity contribution is 6.42. The first-order valence-electron chi connectivity index (χ1n) is 6.27. The zero-order valence-electron chi connectivity index (χ0n) is 11.6. The van der Waals surface area contributed by atoms with Crippen LogP contribution in [0.1, 0.15) is 33.0 Å². The number of fused-ring (bicyclic) bond motifs is 1. The zero-order valence-corrected chi connectivity index (χ0v) is 13.1. The average molecular weight is 315 g/mol. The van der Waals surface area contributed by atoms with E-state index in [2.05, 4.69) is 4.98 Å². The molecule has 1 aromatic heterocycles. The van der Waals surface area contributed by atoms with Crippen LogP contribution in [0.5, 0.6) is 0 Å². The minimum Gasteiger partial charge on any atom is -0.481 e. The first kappa shape index (κ1) is 15.1. The van der Waals surface area contributed by atoms with Crippen molar-refractivity contribution in [1.29, 1.82) is 0 Å². The molecule has 0 atom stereocenters. The fourth-order valence-electron chi connectivity index (χ4n) is 2.13. The lowest BCUT2D eigenvalue weighted by molar-refractivity contribution is -0.137. The number of imidazole rings is 1. The highest BCUT2D eigenvalue weighted by Crippen LogP contribution is 2.32. The summed E-state index contributed by atoms with van der Waals surface area (Å²) in [7, 11) is 0. The summed E-state index contributed by atoms with van der Waals surface area (Å²) in [6.45, 7) is 6.47. The normalized spacial score (nSPS) is 12.1. The summed E-state index contributed by atoms with van der Waals surface area (Å²) >= 11 is 12.1. The maximum absolute atomic E-state index is 10.8. The van der Waals surface area contributed by atoms with E-state index in [1.54, 1.807) is 12.1 Å². The predicted molar refractivity (Wildman–Crippen MR) is 80.7 cm³/mol. The molecule has 2 aromatic rings. The molecule has 0 fully saturated rings. The molecule has 1 aromatic carbocycles. The van der Waals surface area contributed by atoms with Crippen molar-refractivity contribution in [2.24, 2.45) is 0 Å². The summed E-state index contributed by atoms with van der Waals surface area (Å²) in [5, 5.41) is 9.78. The van der Waals surface area contributed by atoms with Gasteiger partial charge in [0, 0.05) is 12.0 Å². The Morgan fingerprint density at radius 2 is 1.90 bits per heavy atom. The van der Waals surface area contributed by atoms with Crippen LogP contribution in [-0.4, -0.2) is 20.6 Å². The van der Waals surface area contributed by atoms with Crippen LogP contribution in [0.4, 0.5) is 0 Å². The summed E-state index contributed by atoms with van der Waals surface area (Å²) in [6.07, 6.45) is 0.0365. The number of hydrogen-bond donors (Lipinski definition) is 1. The molecule has 0 spiro atoms. The lowest BCUT2D eigenvalue weighted by atomic mass is 9.95. The van der Waals surface area contributed by atoms with Crippen molar-refractivity contribution in [3.8, 4) is 0 Å². The third-order valence-electron chi connectivity index (χ3n) is 3.01. The van der Waals surface area contributed by atoms with Crippen LogP contribution in [0.2, 0.25) is 10.0 Å². The van der Waals surface area contributed by atoms with E-state index in [9.17, 15) is 4.79 Å². The molecule has 1 N–H and O–H groups in total. The van der Waals surface area contributed by atoms with Crippen molar-refractivity contribution in [3.05, 3.63) is 28.0 Å². The molecule has 20 heavy (non-hydrogen) atoms.